The van der Waals surface area contributed by atoms with Gasteiger partial charge in [-0.15, -0.1) is 0 Å². The molecule has 2 aromatic carbocycles. The highest BCUT2D eigenvalue weighted by atomic mass is 19.1. The number of ether oxygens (including phenoxy) is 1. The fraction of sp³-hybridized carbons (Fsp3) is 0.409. The summed E-state index contributed by atoms with van der Waals surface area (Å²) in [6.07, 6.45) is 3.81. The Bertz CT molecular complexity index is 753. The lowest BCUT2D eigenvalue weighted by atomic mass is 9.77. The van der Waals surface area contributed by atoms with Crippen molar-refractivity contribution >= 4 is 5.91 Å². The smallest absolute Gasteiger partial charge is 0.233 e. The third-order valence-electron chi connectivity index (χ3n) is 5.79. The molecule has 26 heavy (non-hydrogen) atoms. The van der Waals surface area contributed by atoms with Crippen LogP contribution in [0, 0.1) is 5.82 Å². The summed E-state index contributed by atoms with van der Waals surface area (Å²) in [7, 11) is 0. The number of nitrogens with zero attached hydrogens (tertiary/aromatic N) is 1. The third-order valence-corrected chi connectivity index (χ3v) is 5.79. The van der Waals surface area contributed by atoms with Crippen LogP contribution in [0.15, 0.2) is 54.6 Å². The second kappa shape index (κ2) is 7.20. The van der Waals surface area contributed by atoms with Gasteiger partial charge in [-0.1, -0.05) is 55.3 Å². The fourth-order valence-electron chi connectivity index (χ4n) is 4.38. The van der Waals surface area contributed by atoms with Crippen LogP contribution in [0.25, 0.3) is 0 Å². The van der Waals surface area contributed by atoms with Crippen LogP contribution in [0.4, 0.5) is 4.39 Å². The highest BCUT2D eigenvalue weighted by Gasteiger charge is 2.45. The number of hydrogen-bond acceptors (Lipinski definition) is 2. The minimum atomic E-state index is -0.397. The van der Waals surface area contributed by atoms with E-state index in [0.717, 1.165) is 36.8 Å². The number of carbonyl (C=O) groups excluding carboxylic acids is 1. The molecule has 2 fully saturated rings. The van der Waals surface area contributed by atoms with E-state index in [4.69, 9.17) is 4.74 Å². The van der Waals surface area contributed by atoms with E-state index >= 15 is 0 Å². The van der Waals surface area contributed by atoms with E-state index in [9.17, 15) is 9.18 Å². The quantitative estimate of drug-likeness (QED) is 0.826. The van der Waals surface area contributed by atoms with Gasteiger partial charge in [0.25, 0.3) is 0 Å². The first kappa shape index (κ1) is 17.2. The Morgan fingerprint density at radius 2 is 1.73 bits per heavy atom. The van der Waals surface area contributed by atoms with Crippen LogP contribution in [-0.2, 0) is 14.9 Å². The SMILES string of the molecule is O=C(N1CCOC(c2ccc(F)cc2)C1)C1(c2ccccc2)CCCC1. The summed E-state index contributed by atoms with van der Waals surface area (Å²) in [6.45, 7) is 1.66. The van der Waals surface area contributed by atoms with Crippen LogP contribution < -0.4 is 0 Å². The van der Waals surface area contributed by atoms with Crippen molar-refractivity contribution in [1.29, 1.82) is 0 Å². The van der Waals surface area contributed by atoms with Crippen molar-refractivity contribution in [3.8, 4) is 0 Å². The number of benzene rings is 2. The number of carbonyl (C=O) groups is 1. The zero-order valence-corrected chi connectivity index (χ0v) is 14.9. The number of rotatable bonds is 3. The lowest BCUT2D eigenvalue weighted by molar-refractivity contribution is -0.145. The molecule has 1 amide bonds. The standard InChI is InChI=1S/C22H24FNO2/c23-19-10-8-17(9-11-19)20-16-24(14-15-26-20)21(25)22(12-4-5-13-22)18-6-2-1-3-7-18/h1-3,6-11,20H,4-5,12-16H2. The topological polar surface area (TPSA) is 29.5 Å². The van der Waals surface area contributed by atoms with E-state index < -0.39 is 5.41 Å². The summed E-state index contributed by atoms with van der Waals surface area (Å²) in [4.78, 5) is 15.5. The van der Waals surface area contributed by atoms with Gasteiger partial charge in [-0.3, -0.25) is 4.79 Å². The first-order valence-electron chi connectivity index (χ1n) is 9.41. The van der Waals surface area contributed by atoms with Gasteiger partial charge in [-0.05, 0) is 36.1 Å². The summed E-state index contributed by atoms with van der Waals surface area (Å²) in [5.41, 5.74) is 1.66. The molecule has 1 unspecified atom stereocenters. The molecule has 1 heterocycles. The van der Waals surface area contributed by atoms with Crippen LogP contribution in [-0.4, -0.2) is 30.5 Å². The maximum absolute atomic E-state index is 13.6. The molecule has 3 nitrogen and oxygen atoms in total. The van der Waals surface area contributed by atoms with E-state index in [0.29, 0.717) is 19.7 Å². The lowest BCUT2D eigenvalue weighted by Gasteiger charge is -2.39. The summed E-state index contributed by atoms with van der Waals surface area (Å²) >= 11 is 0. The molecular formula is C22H24FNO2. The first-order chi connectivity index (χ1) is 12.7. The molecule has 0 aromatic heterocycles. The van der Waals surface area contributed by atoms with E-state index in [2.05, 4.69) is 12.1 Å². The van der Waals surface area contributed by atoms with Crippen molar-refractivity contribution in [2.24, 2.45) is 0 Å². The van der Waals surface area contributed by atoms with E-state index in [1.807, 2.05) is 23.1 Å². The van der Waals surface area contributed by atoms with Gasteiger partial charge in [-0.25, -0.2) is 4.39 Å². The molecule has 0 radical (unpaired) electrons. The highest BCUT2D eigenvalue weighted by Crippen LogP contribution is 2.43. The van der Waals surface area contributed by atoms with Gasteiger partial charge in [0, 0.05) is 6.54 Å². The zero-order chi connectivity index (χ0) is 18.0. The van der Waals surface area contributed by atoms with Gasteiger partial charge in [-0.2, -0.15) is 0 Å². The second-order valence-corrected chi connectivity index (χ2v) is 7.32. The Kier molecular flexibility index (Phi) is 4.77. The third kappa shape index (κ3) is 3.14. The molecule has 1 saturated carbocycles. The Labute approximate surface area is 153 Å². The molecular weight excluding hydrogens is 329 g/mol. The monoisotopic (exact) mass is 353 g/mol. The number of hydrogen-bond donors (Lipinski definition) is 0. The van der Waals surface area contributed by atoms with E-state index in [1.165, 1.54) is 12.1 Å². The Morgan fingerprint density at radius 3 is 2.42 bits per heavy atom. The number of morpholine rings is 1. The molecule has 1 aliphatic heterocycles. The van der Waals surface area contributed by atoms with Crippen molar-refractivity contribution in [2.75, 3.05) is 19.7 Å². The summed E-state index contributed by atoms with van der Waals surface area (Å²) in [5.74, 6) is -0.0388. The molecule has 1 atom stereocenters. The second-order valence-electron chi connectivity index (χ2n) is 7.32. The van der Waals surface area contributed by atoms with Gasteiger partial charge < -0.3 is 9.64 Å². The zero-order valence-electron chi connectivity index (χ0n) is 14.9. The minimum absolute atomic E-state index is 0.192. The Hall–Kier alpha value is -2.20. The number of halogens is 1. The Morgan fingerprint density at radius 1 is 1.04 bits per heavy atom. The van der Waals surface area contributed by atoms with Crippen LogP contribution in [0.1, 0.15) is 42.9 Å². The van der Waals surface area contributed by atoms with E-state index in [-0.39, 0.29) is 17.8 Å². The van der Waals surface area contributed by atoms with Gasteiger partial charge in [0.05, 0.1) is 18.6 Å². The van der Waals surface area contributed by atoms with Crippen LogP contribution in [0.3, 0.4) is 0 Å². The van der Waals surface area contributed by atoms with E-state index in [1.54, 1.807) is 12.1 Å². The average molecular weight is 353 g/mol. The highest BCUT2D eigenvalue weighted by molar-refractivity contribution is 5.88. The normalized spacial score (nSPS) is 22.3. The predicted molar refractivity (Wildman–Crippen MR) is 98.3 cm³/mol. The largest absolute Gasteiger partial charge is 0.370 e. The van der Waals surface area contributed by atoms with Crippen LogP contribution in [0.2, 0.25) is 0 Å². The minimum Gasteiger partial charge on any atom is -0.370 e. The van der Waals surface area contributed by atoms with Gasteiger partial charge in [0.2, 0.25) is 5.91 Å². The van der Waals surface area contributed by atoms with Crippen molar-refractivity contribution < 1.29 is 13.9 Å². The van der Waals surface area contributed by atoms with Crippen molar-refractivity contribution in [2.45, 2.75) is 37.2 Å². The average Bonchev–Trinajstić information content (AvgIpc) is 3.20. The van der Waals surface area contributed by atoms with Crippen LogP contribution in [0.5, 0.6) is 0 Å². The Balaban J connectivity index is 1.57. The lowest BCUT2D eigenvalue weighted by Crippen LogP contribution is -2.50. The van der Waals surface area contributed by atoms with Crippen molar-refractivity contribution in [1.82, 2.24) is 4.90 Å². The van der Waals surface area contributed by atoms with Crippen molar-refractivity contribution in [3.05, 3.63) is 71.5 Å². The molecule has 2 aromatic rings. The van der Waals surface area contributed by atoms with Gasteiger partial charge in [0.15, 0.2) is 0 Å². The summed E-state index contributed by atoms with van der Waals surface area (Å²) in [6, 6.07) is 16.6. The van der Waals surface area contributed by atoms with Crippen molar-refractivity contribution in [3.63, 3.8) is 0 Å². The maximum Gasteiger partial charge on any atom is 0.233 e. The molecule has 136 valence electrons. The first-order valence-corrected chi connectivity index (χ1v) is 9.41. The molecule has 0 bridgehead atoms. The molecule has 1 aliphatic carbocycles. The molecule has 0 spiro atoms. The summed E-state index contributed by atoms with van der Waals surface area (Å²) in [5, 5.41) is 0. The predicted octanol–water partition coefficient (Wildman–Crippen LogP) is 4.24. The molecule has 2 aliphatic rings. The van der Waals surface area contributed by atoms with Crippen LogP contribution >= 0.6 is 0 Å². The molecule has 1 saturated heterocycles. The molecule has 4 heteroatoms. The molecule has 0 N–H and O–H groups in total. The van der Waals surface area contributed by atoms with Gasteiger partial charge >= 0.3 is 0 Å². The van der Waals surface area contributed by atoms with Gasteiger partial charge in [0.1, 0.15) is 11.9 Å². The fourth-order valence-corrected chi connectivity index (χ4v) is 4.38. The maximum atomic E-state index is 13.6. The summed E-state index contributed by atoms with van der Waals surface area (Å²) < 4.78 is 19.1. The molecule has 4 rings (SSSR count). The number of amides is 1.